The average molecular weight is 284 g/mol. The Balaban J connectivity index is 0.000000282. The van der Waals surface area contributed by atoms with Crippen LogP contribution in [0.2, 0.25) is 0 Å². The van der Waals surface area contributed by atoms with Gasteiger partial charge in [-0.25, -0.2) is 4.98 Å². The SMILES string of the molecule is CCNC=O.NC(=O)c1cc2c(cn1)[nH]c1ccccc12. The molecule has 6 nitrogen and oxygen atoms in total. The highest BCUT2D eigenvalue weighted by Crippen LogP contribution is 2.24. The van der Waals surface area contributed by atoms with Crippen molar-refractivity contribution in [3.05, 3.63) is 42.2 Å². The molecule has 0 saturated carbocycles. The molecule has 2 aromatic heterocycles. The standard InChI is InChI=1S/C12H9N3O.C3H7NO/c13-12(16)10-5-8-7-3-1-2-4-9(7)15-11(8)6-14-10;1-2-4-3-5/h1-6,15H,(H2,13,16);3H,2H2,1H3,(H,4,5). The Morgan fingerprint density at radius 2 is 2.10 bits per heavy atom. The normalized spacial score (nSPS) is 9.95. The summed E-state index contributed by atoms with van der Waals surface area (Å²) in [5, 5.41) is 4.47. The molecular formula is C15H16N4O2. The highest BCUT2D eigenvalue weighted by molar-refractivity contribution is 6.08. The van der Waals surface area contributed by atoms with Crippen molar-refractivity contribution >= 4 is 34.1 Å². The molecule has 108 valence electrons. The molecule has 0 aliphatic carbocycles. The van der Waals surface area contributed by atoms with Crippen LogP contribution in [0.4, 0.5) is 0 Å². The summed E-state index contributed by atoms with van der Waals surface area (Å²) in [7, 11) is 0. The van der Waals surface area contributed by atoms with Crippen molar-refractivity contribution in [3.63, 3.8) is 0 Å². The van der Waals surface area contributed by atoms with E-state index in [0.29, 0.717) is 6.41 Å². The molecule has 4 N–H and O–H groups in total. The fourth-order valence-electron chi connectivity index (χ4n) is 1.97. The number of carbonyl (C=O) groups excluding carboxylic acids is 2. The molecule has 0 fully saturated rings. The molecule has 2 heterocycles. The van der Waals surface area contributed by atoms with E-state index in [-0.39, 0.29) is 5.69 Å². The zero-order valence-corrected chi connectivity index (χ0v) is 11.6. The molecule has 0 aliphatic rings. The Bertz CT molecular complexity index is 780. The van der Waals surface area contributed by atoms with Crippen molar-refractivity contribution in [2.24, 2.45) is 5.73 Å². The minimum absolute atomic E-state index is 0.289. The molecule has 21 heavy (non-hydrogen) atoms. The van der Waals surface area contributed by atoms with E-state index in [1.807, 2.05) is 31.2 Å². The molecule has 0 bridgehead atoms. The van der Waals surface area contributed by atoms with E-state index in [1.54, 1.807) is 12.3 Å². The van der Waals surface area contributed by atoms with Crippen LogP contribution < -0.4 is 11.1 Å². The first-order valence-electron chi connectivity index (χ1n) is 6.50. The van der Waals surface area contributed by atoms with Gasteiger partial charge in [-0.15, -0.1) is 0 Å². The van der Waals surface area contributed by atoms with Gasteiger partial charge in [0.05, 0.1) is 11.7 Å². The number of amides is 2. The third kappa shape index (κ3) is 3.17. The largest absolute Gasteiger partial charge is 0.364 e. The van der Waals surface area contributed by atoms with E-state index in [1.165, 1.54) is 0 Å². The van der Waals surface area contributed by atoms with Crippen molar-refractivity contribution in [2.75, 3.05) is 6.54 Å². The fourth-order valence-corrected chi connectivity index (χ4v) is 1.97. The lowest BCUT2D eigenvalue weighted by atomic mass is 10.1. The summed E-state index contributed by atoms with van der Waals surface area (Å²) in [5.74, 6) is -0.507. The summed E-state index contributed by atoms with van der Waals surface area (Å²) < 4.78 is 0. The minimum Gasteiger partial charge on any atom is -0.364 e. The Labute approximate surface area is 121 Å². The number of rotatable bonds is 3. The Hall–Kier alpha value is -2.89. The second-order valence-electron chi connectivity index (χ2n) is 4.33. The molecule has 0 atom stereocenters. The number of fused-ring (bicyclic) bond motifs is 3. The summed E-state index contributed by atoms with van der Waals surface area (Å²) in [5.41, 5.74) is 7.43. The number of hydrogen-bond donors (Lipinski definition) is 3. The Morgan fingerprint density at radius 1 is 1.33 bits per heavy atom. The van der Waals surface area contributed by atoms with Crippen molar-refractivity contribution < 1.29 is 9.59 Å². The summed E-state index contributed by atoms with van der Waals surface area (Å²) in [6.45, 7) is 2.60. The third-order valence-electron chi connectivity index (χ3n) is 2.93. The number of H-pyrrole nitrogens is 1. The third-order valence-corrected chi connectivity index (χ3v) is 2.93. The van der Waals surface area contributed by atoms with Crippen LogP contribution >= 0.6 is 0 Å². The molecule has 3 rings (SSSR count). The molecule has 2 amide bonds. The van der Waals surface area contributed by atoms with Gasteiger partial charge < -0.3 is 16.0 Å². The molecule has 3 aromatic rings. The van der Waals surface area contributed by atoms with E-state index >= 15 is 0 Å². The maximum atomic E-state index is 11.1. The summed E-state index contributed by atoms with van der Waals surface area (Å²) in [6.07, 6.45) is 2.31. The number of nitrogens with one attached hydrogen (secondary N) is 2. The zero-order chi connectivity index (χ0) is 15.2. The maximum Gasteiger partial charge on any atom is 0.267 e. The lowest BCUT2D eigenvalue weighted by Gasteiger charge is -1.94. The number of hydrogen-bond acceptors (Lipinski definition) is 3. The van der Waals surface area contributed by atoms with Crippen molar-refractivity contribution in [3.8, 4) is 0 Å². The number of carbonyl (C=O) groups is 2. The molecule has 0 saturated heterocycles. The molecule has 0 aliphatic heterocycles. The summed E-state index contributed by atoms with van der Waals surface area (Å²) in [4.78, 5) is 27.6. The number of primary amides is 1. The van der Waals surface area contributed by atoms with Crippen molar-refractivity contribution in [2.45, 2.75) is 6.92 Å². The van der Waals surface area contributed by atoms with Crippen LogP contribution in [0.3, 0.4) is 0 Å². The molecule has 1 aromatic carbocycles. The highest BCUT2D eigenvalue weighted by atomic mass is 16.1. The number of para-hydroxylation sites is 1. The summed E-state index contributed by atoms with van der Waals surface area (Å²) in [6, 6.07) is 9.62. The van der Waals surface area contributed by atoms with Crippen LogP contribution in [0, 0.1) is 0 Å². The Kier molecular flexibility index (Phi) is 4.50. The second-order valence-corrected chi connectivity index (χ2v) is 4.33. The zero-order valence-electron chi connectivity index (χ0n) is 11.6. The molecule has 0 radical (unpaired) electrons. The fraction of sp³-hybridized carbons (Fsp3) is 0.133. The van der Waals surface area contributed by atoms with Crippen LogP contribution in [0.25, 0.3) is 21.8 Å². The van der Waals surface area contributed by atoms with Crippen LogP contribution in [-0.4, -0.2) is 28.8 Å². The molecular weight excluding hydrogens is 268 g/mol. The van der Waals surface area contributed by atoms with Gasteiger partial charge in [0, 0.05) is 22.8 Å². The van der Waals surface area contributed by atoms with E-state index < -0.39 is 5.91 Å². The first-order valence-corrected chi connectivity index (χ1v) is 6.50. The van der Waals surface area contributed by atoms with Gasteiger partial charge in [0.15, 0.2) is 0 Å². The Morgan fingerprint density at radius 3 is 2.71 bits per heavy atom. The molecule has 0 spiro atoms. The monoisotopic (exact) mass is 284 g/mol. The number of nitrogens with two attached hydrogens (primary N) is 1. The number of aromatic amines is 1. The van der Waals surface area contributed by atoms with E-state index in [2.05, 4.69) is 15.3 Å². The summed E-state index contributed by atoms with van der Waals surface area (Å²) >= 11 is 0. The number of nitrogens with zero attached hydrogens (tertiary/aromatic N) is 1. The lowest BCUT2D eigenvalue weighted by molar-refractivity contribution is -0.109. The minimum atomic E-state index is -0.507. The van der Waals surface area contributed by atoms with E-state index in [4.69, 9.17) is 5.73 Å². The quantitative estimate of drug-likeness (QED) is 0.636. The topological polar surface area (TPSA) is 101 Å². The second kappa shape index (κ2) is 6.51. The first kappa shape index (κ1) is 14.5. The van der Waals surface area contributed by atoms with Gasteiger partial charge in [0.1, 0.15) is 5.69 Å². The van der Waals surface area contributed by atoms with Gasteiger partial charge in [-0.2, -0.15) is 0 Å². The highest BCUT2D eigenvalue weighted by Gasteiger charge is 2.07. The molecule has 6 heteroatoms. The number of pyridine rings is 1. The smallest absolute Gasteiger partial charge is 0.267 e. The average Bonchev–Trinajstić information content (AvgIpc) is 2.86. The van der Waals surface area contributed by atoms with E-state index in [9.17, 15) is 9.59 Å². The van der Waals surface area contributed by atoms with Gasteiger partial charge in [-0.3, -0.25) is 9.59 Å². The van der Waals surface area contributed by atoms with Gasteiger partial charge >= 0.3 is 0 Å². The predicted molar refractivity (Wildman–Crippen MR) is 81.9 cm³/mol. The van der Waals surface area contributed by atoms with Gasteiger partial charge in [0.25, 0.3) is 5.91 Å². The van der Waals surface area contributed by atoms with Crippen LogP contribution in [0.5, 0.6) is 0 Å². The van der Waals surface area contributed by atoms with Crippen molar-refractivity contribution in [1.82, 2.24) is 15.3 Å². The molecule has 0 unspecified atom stereocenters. The van der Waals surface area contributed by atoms with Gasteiger partial charge in [0.2, 0.25) is 6.41 Å². The van der Waals surface area contributed by atoms with Gasteiger partial charge in [-0.05, 0) is 19.1 Å². The number of aromatic nitrogens is 2. The lowest BCUT2D eigenvalue weighted by Crippen LogP contribution is -2.12. The maximum absolute atomic E-state index is 11.1. The van der Waals surface area contributed by atoms with E-state index in [0.717, 1.165) is 28.4 Å². The first-order chi connectivity index (χ1) is 10.2. The number of benzene rings is 1. The van der Waals surface area contributed by atoms with Crippen LogP contribution in [0.1, 0.15) is 17.4 Å². The van der Waals surface area contributed by atoms with Crippen LogP contribution in [-0.2, 0) is 4.79 Å². The van der Waals surface area contributed by atoms with Crippen molar-refractivity contribution in [1.29, 1.82) is 0 Å². The predicted octanol–water partition coefficient (Wildman–Crippen LogP) is 1.57. The van der Waals surface area contributed by atoms with Gasteiger partial charge in [-0.1, -0.05) is 18.2 Å². The van der Waals surface area contributed by atoms with Crippen LogP contribution in [0.15, 0.2) is 36.5 Å².